The van der Waals surface area contributed by atoms with Gasteiger partial charge in [-0.15, -0.1) is 0 Å². The number of nitrogens with one attached hydrogen (secondary N) is 1. The lowest BCUT2D eigenvalue weighted by atomic mass is 9.82. The highest BCUT2D eigenvalue weighted by atomic mass is 16.3. The van der Waals surface area contributed by atoms with Crippen LogP contribution in [-0.4, -0.2) is 23.8 Å². The van der Waals surface area contributed by atoms with Crippen molar-refractivity contribution >= 4 is 0 Å². The number of aliphatic hydroxyl groups is 1. The zero-order valence-electron chi connectivity index (χ0n) is 9.52. The van der Waals surface area contributed by atoms with Gasteiger partial charge >= 0.3 is 0 Å². The van der Waals surface area contributed by atoms with Crippen LogP contribution in [0.2, 0.25) is 0 Å². The second kappa shape index (κ2) is 6.41. The summed E-state index contributed by atoms with van der Waals surface area (Å²) < 4.78 is 0. The molecule has 1 saturated carbocycles. The van der Waals surface area contributed by atoms with Crippen LogP contribution in [-0.2, 0) is 0 Å². The molecule has 0 bridgehead atoms. The molecule has 0 atom stereocenters. The lowest BCUT2D eigenvalue weighted by molar-refractivity contribution is 0.121. The number of unbranched alkanes of at least 4 members (excludes halogenated alkanes) is 2. The molecule has 0 spiro atoms. The lowest BCUT2D eigenvalue weighted by Gasteiger charge is -2.36. The van der Waals surface area contributed by atoms with Crippen molar-refractivity contribution in [2.75, 3.05) is 13.2 Å². The molecule has 0 aliphatic heterocycles. The predicted octanol–water partition coefficient (Wildman–Crippen LogP) is 2.46. The fraction of sp³-hybridized carbons (Fsp3) is 1.00. The van der Waals surface area contributed by atoms with Gasteiger partial charge in [0, 0.05) is 5.54 Å². The molecule has 1 aliphatic rings. The second-order valence-electron chi connectivity index (χ2n) is 4.63. The van der Waals surface area contributed by atoms with E-state index in [1.165, 1.54) is 38.5 Å². The first-order valence-corrected chi connectivity index (χ1v) is 6.19. The van der Waals surface area contributed by atoms with Gasteiger partial charge in [-0.3, -0.25) is 0 Å². The summed E-state index contributed by atoms with van der Waals surface area (Å²) >= 11 is 0. The molecule has 14 heavy (non-hydrogen) atoms. The minimum absolute atomic E-state index is 0.0754. The lowest BCUT2D eigenvalue weighted by Crippen LogP contribution is -2.50. The number of rotatable bonds is 6. The van der Waals surface area contributed by atoms with Gasteiger partial charge in [0.05, 0.1) is 6.61 Å². The van der Waals surface area contributed by atoms with Crippen molar-refractivity contribution in [2.24, 2.45) is 0 Å². The Labute approximate surface area is 88.1 Å². The van der Waals surface area contributed by atoms with Crippen molar-refractivity contribution in [1.82, 2.24) is 5.32 Å². The molecule has 2 heteroatoms. The maximum Gasteiger partial charge on any atom is 0.0613 e. The smallest absolute Gasteiger partial charge is 0.0613 e. The van der Waals surface area contributed by atoms with E-state index in [0.717, 1.165) is 19.4 Å². The second-order valence-corrected chi connectivity index (χ2v) is 4.63. The Morgan fingerprint density at radius 1 is 1.14 bits per heavy atom. The van der Waals surface area contributed by atoms with E-state index >= 15 is 0 Å². The van der Waals surface area contributed by atoms with Gasteiger partial charge in [0.1, 0.15) is 0 Å². The highest BCUT2D eigenvalue weighted by molar-refractivity contribution is 4.89. The van der Waals surface area contributed by atoms with Crippen LogP contribution in [0.4, 0.5) is 0 Å². The zero-order chi connectivity index (χ0) is 10.3. The van der Waals surface area contributed by atoms with E-state index in [1.807, 2.05) is 0 Å². The Bertz CT molecular complexity index is 141. The fourth-order valence-corrected chi connectivity index (χ4v) is 2.35. The van der Waals surface area contributed by atoms with Crippen LogP contribution >= 0.6 is 0 Å². The van der Waals surface area contributed by atoms with Gasteiger partial charge in [-0.05, 0) is 25.8 Å². The van der Waals surface area contributed by atoms with Gasteiger partial charge in [0.15, 0.2) is 0 Å². The SMILES string of the molecule is CCCCCNC1(CO)CCCCC1. The van der Waals surface area contributed by atoms with Crippen LogP contribution in [0, 0.1) is 0 Å². The number of hydrogen-bond donors (Lipinski definition) is 2. The molecule has 0 radical (unpaired) electrons. The van der Waals surface area contributed by atoms with Crippen molar-refractivity contribution < 1.29 is 5.11 Å². The van der Waals surface area contributed by atoms with Crippen LogP contribution in [0.15, 0.2) is 0 Å². The Balaban J connectivity index is 2.22. The minimum atomic E-state index is 0.0754. The topological polar surface area (TPSA) is 32.3 Å². The summed E-state index contributed by atoms with van der Waals surface area (Å²) in [7, 11) is 0. The largest absolute Gasteiger partial charge is 0.394 e. The van der Waals surface area contributed by atoms with Gasteiger partial charge in [-0.1, -0.05) is 39.0 Å². The summed E-state index contributed by atoms with van der Waals surface area (Å²) in [5.41, 5.74) is 0.0754. The molecule has 0 unspecified atom stereocenters. The predicted molar refractivity (Wildman–Crippen MR) is 60.4 cm³/mol. The molecule has 2 nitrogen and oxygen atoms in total. The Morgan fingerprint density at radius 2 is 1.86 bits per heavy atom. The first kappa shape index (κ1) is 12.0. The van der Waals surface area contributed by atoms with Gasteiger partial charge in [-0.25, -0.2) is 0 Å². The summed E-state index contributed by atoms with van der Waals surface area (Å²) in [6, 6.07) is 0. The molecule has 0 aromatic carbocycles. The maximum atomic E-state index is 9.44. The molecule has 0 saturated heterocycles. The highest BCUT2D eigenvalue weighted by Gasteiger charge is 2.29. The van der Waals surface area contributed by atoms with E-state index in [9.17, 15) is 5.11 Å². The van der Waals surface area contributed by atoms with E-state index in [-0.39, 0.29) is 5.54 Å². The van der Waals surface area contributed by atoms with Crippen molar-refractivity contribution in [3.05, 3.63) is 0 Å². The van der Waals surface area contributed by atoms with Crippen LogP contribution in [0.25, 0.3) is 0 Å². The summed E-state index contributed by atoms with van der Waals surface area (Å²) in [6.07, 6.45) is 10.0. The molecule has 1 aliphatic carbocycles. The molecule has 84 valence electrons. The molecule has 0 heterocycles. The third-order valence-electron chi connectivity index (χ3n) is 3.39. The first-order valence-electron chi connectivity index (χ1n) is 6.19. The van der Waals surface area contributed by atoms with Crippen molar-refractivity contribution in [3.63, 3.8) is 0 Å². The quantitative estimate of drug-likeness (QED) is 0.644. The normalized spacial score (nSPS) is 21.0. The van der Waals surface area contributed by atoms with Crippen molar-refractivity contribution in [1.29, 1.82) is 0 Å². The van der Waals surface area contributed by atoms with Crippen LogP contribution in [0.1, 0.15) is 58.3 Å². The molecule has 0 amide bonds. The summed E-state index contributed by atoms with van der Waals surface area (Å²) in [6.45, 7) is 3.62. The Kier molecular flexibility index (Phi) is 5.49. The van der Waals surface area contributed by atoms with Crippen LogP contribution in [0.3, 0.4) is 0 Å². The van der Waals surface area contributed by atoms with Crippen LogP contribution in [0.5, 0.6) is 0 Å². The third-order valence-corrected chi connectivity index (χ3v) is 3.39. The first-order chi connectivity index (χ1) is 6.83. The number of aliphatic hydroxyl groups excluding tert-OH is 1. The van der Waals surface area contributed by atoms with Gasteiger partial charge < -0.3 is 10.4 Å². The molecular weight excluding hydrogens is 174 g/mol. The average Bonchev–Trinajstić information content (AvgIpc) is 2.26. The summed E-state index contributed by atoms with van der Waals surface area (Å²) in [5, 5.41) is 13.0. The van der Waals surface area contributed by atoms with Gasteiger partial charge in [0.2, 0.25) is 0 Å². The van der Waals surface area contributed by atoms with E-state index < -0.39 is 0 Å². The Hall–Kier alpha value is -0.0800. The van der Waals surface area contributed by atoms with E-state index in [2.05, 4.69) is 12.2 Å². The standard InChI is InChI=1S/C12H25NO/c1-2-3-7-10-13-12(11-14)8-5-4-6-9-12/h13-14H,2-11H2,1H3. The Morgan fingerprint density at radius 3 is 2.43 bits per heavy atom. The maximum absolute atomic E-state index is 9.44. The molecule has 0 aromatic rings. The highest BCUT2D eigenvalue weighted by Crippen LogP contribution is 2.27. The number of hydrogen-bond acceptors (Lipinski definition) is 2. The monoisotopic (exact) mass is 199 g/mol. The summed E-state index contributed by atoms with van der Waals surface area (Å²) in [5.74, 6) is 0. The summed E-state index contributed by atoms with van der Waals surface area (Å²) in [4.78, 5) is 0. The van der Waals surface area contributed by atoms with Crippen LogP contribution < -0.4 is 5.32 Å². The zero-order valence-corrected chi connectivity index (χ0v) is 9.52. The minimum Gasteiger partial charge on any atom is -0.394 e. The van der Waals surface area contributed by atoms with E-state index in [0.29, 0.717) is 6.61 Å². The molecular formula is C12H25NO. The molecule has 1 rings (SSSR count). The molecule has 2 N–H and O–H groups in total. The van der Waals surface area contributed by atoms with E-state index in [1.54, 1.807) is 0 Å². The molecule has 1 fully saturated rings. The fourth-order valence-electron chi connectivity index (χ4n) is 2.35. The van der Waals surface area contributed by atoms with Gasteiger partial charge in [-0.2, -0.15) is 0 Å². The van der Waals surface area contributed by atoms with Crippen molar-refractivity contribution in [2.45, 2.75) is 63.8 Å². The third kappa shape index (κ3) is 3.58. The average molecular weight is 199 g/mol. The van der Waals surface area contributed by atoms with Crippen molar-refractivity contribution in [3.8, 4) is 0 Å². The van der Waals surface area contributed by atoms with E-state index in [4.69, 9.17) is 0 Å². The molecule has 0 aromatic heterocycles. The van der Waals surface area contributed by atoms with Gasteiger partial charge in [0.25, 0.3) is 0 Å².